The standard InChI is InChI=1S/C33H41N3O6S/c1-32(2,3)42-31(39)20-33(18-22-8-6-7-9-23(22)19-33)28(37)10-11-29-34-24-16-26(25(40-5)17-27(24)43-29)41-21-30(38)36-14-12-35(4)13-15-36/h6-9,16-17H,10-15,18-21H2,1-5H3. The number of benzene rings is 2. The van der Waals surface area contributed by atoms with E-state index in [1.54, 1.807) is 13.2 Å². The summed E-state index contributed by atoms with van der Waals surface area (Å²) in [5.74, 6) is 0.648. The number of piperazine rings is 1. The number of aryl methyl sites for hydroxylation is 1. The van der Waals surface area contributed by atoms with Crippen molar-refractivity contribution in [3.05, 3.63) is 52.5 Å². The summed E-state index contributed by atoms with van der Waals surface area (Å²) in [5.41, 5.74) is 1.53. The van der Waals surface area contributed by atoms with Gasteiger partial charge in [-0.15, -0.1) is 11.3 Å². The Kier molecular flexibility index (Phi) is 9.08. The van der Waals surface area contributed by atoms with Crippen LogP contribution in [0.2, 0.25) is 0 Å². The van der Waals surface area contributed by atoms with Crippen LogP contribution in [0.5, 0.6) is 11.5 Å². The van der Waals surface area contributed by atoms with E-state index in [2.05, 4.69) is 4.90 Å². The maximum atomic E-state index is 13.9. The molecule has 5 rings (SSSR count). The molecule has 0 N–H and O–H groups in total. The molecule has 1 aromatic heterocycles. The van der Waals surface area contributed by atoms with Crippen molar-refractivity contribution >= 4 is 39.2 Å². The number of nitrogens with zero attached hydrogens (tertiary/aromatic N) is 3. The molecule has 1 aliphatic heterocycles. The number of carbonyl (C=O) groups excluding carboxylic acids is 3. The van der Waals surface area contributed by atoms with E-state index >= 15 is 0 Å². The largest absolute Gasteiger partial charge is 0.493 e. The van der Waals surface area contributed by atoms with Gasteiger partial charge in [0.15, 0.2) is 18.1 Å². The molecule has 0 unspecified atom stereocenters. The fourth-order valence-electron chi connectivity index (χ4n) is 5.90. The maximum Gasteiger partial charge on any atom is 0.307 e. The topological polar surface area (TPSA) is 98.3 Å². The number of amides is 1. The first-order chi connectivity index (χ1) is 20.4. The molecule has 0 saturated carbocycles. The third-order valence-electron chi connectivity index (χ3n) is 8.16. The summed E-state index contributed by atoms with van der Waals surface area (Å²) in [7, 11) is 3.62. The van der Waals surface area contributed by atoms with Crippen molar-refractivity contribution < 1.29 is 28.6 Å². The summed E-state index contributed by atoms with van der Waals surface area (Å²) >= 11 is 1.51. The summed E-state index contributed by atoms with van der Waals surface area (Å²) < 4.78 is 18.0. The lowest BCUT2D eigenvalue weighted by Gasteiger charge is -2.32. The summed E-state index contributed by atoms with van der Waals surface area (Å²) in [6, 6.07) is 11.7. The van der Waals surface area contributed by atoms with Crippen molar-refractivity contribution in [1.29, 1.82) is 0 Å². The first-order valence-electron chi connectivity index (χ1n) is 14.8. The molecule has 2 heterocycles. The second-order valence-electron chi connectivity index (χ2n) is 12.6. The molecule has 43 heavy (non-hydrogen) atoms. The van der Waals surface area contributed by atoms with E-state index in [0.717, 1.165) is 39.4 Å². The van der Waals surface area contributed by atoms with Gasteiger partial charge in [-0.25, -0.2) is 4.98 Å². The number of thiazole rings is 1. The Labute approximate surface area is 257 Å². The molecule has 0 radical (unpaired) electrons. The van der Waals surface area contributed by atoms with Crippen LogP contribution < -0.4 is 9.47 Å². The van der Waals surface area contributed by atoms with Gasteiger partial charge in [0, 0.05) is 56.6 Å². The molecule has 230 valence electrons. The quantitative estimate of drug-likeness (QED) is 0.312. The number of Topliss-reactive ketones (excluding diaryl/α,β-unsaturated/α-hetero) is 1. The van der Waals surface area contributed by atoms with E-state index < -0.39 is 11.0 Å². The third kappa shape index (κ3) is 7.36. The number of fused-ring (bicyclic) bond motifs is 2. The fraction of sp³-hybridized carbons (Fsp3) is 0.515. The molecule has 1 saturated heterocycles. The van der Waals surface area contributed by atoms with Gasteiger partial charge in [-0.05, 0) is 51.8 Å². The number of carbonyl (C=O) groups is 3. The molecule has 3 aromatic rings. The first kappa shape index (κ1) is 30.9. The van der Waals surface area contributed by atoms with Gasteiger partial charge in [-0.1, -0.05) is 24.3 Å². The molecule has 9 nitrogen and oxygen atoms in total. The van der Waals surface area contributed by atoms with E-state index in [-0.39, 0.29) is 37.1 Å². The van der Waals surface area contributed by atoms with Crippen LogP contribution in [0.4, 0.5) is 0 Å². The highest BCUT2D eigenvalue weighted by atomic mass is 32.1. The van der Waals surface area contributed by atoms with Gasteiger partial charge in [0.1, 0.15) is 11.4 Å². The normalized spacial score (nSPS) is 16.6. The second kappa shape index (κ2) is 12.6. The Balaban J connectivity index is 1.27. The molecule has 2 aliphatic rings. The number of ether oxygens (including phenoxy) is 3. The summed E-state index contributed by atoms with van der Waals surface area (Å²) in [4.78, 5) is 48.3. The van der Waals surface area contributed by atoms with Crippen LogP contribution in [-0.2, 0) is 38.4 Å². The van der Waals surface area contributed by atoms with E-state index in [4.69, 9.17) is 19.2 Å². The van der Waals surface area contributed by atoms with E-state index in [0.29, 0.717) is 43.9 Å². The number of esters is 1. The van der Waals surface area contributed by atoms with Crippen molar-refractivity contribution in [2.45, 2.75) is 58.5 Å². The number of ketones is 1. The molecular weight excluding hydrogens is 566 g/mol. The minimum atomic E-state index is -0.816. The van der Waals surface area contributed by atoms with Crippen LogP contribution in [0.15, 0.2) is 36.4 Å². The van der Waals surface area contributed by atoms with Crippen LogP contribution in [0.25, 0.3) is 10.2 Å². The molecule has 1 amide bonds. The van der Waals surface area contributed by atoms with Gasteiger partial charge in [0.05, 0.1) is 28.8 Å². The predicted molar refractivity (Wildman–Crippen MR) is 166 cm³/mol. The highest BCUT2D eigenvalue weighted by molar-refractivity contribution is 7.18. The molecule has 2 aromatic carbocycles. The van der Waals surface area contributed by atoms with Gasteiger partial charge in [-0.3, -0.25) is 14.4 Å². The van der Waals surface area contributed by atoms with Crippen molar-refractivity contribution in [2.24, 2.45) is 5.41 Å². The Hall–Kier alpha value is -3.50. The van der Waals surface area contributed by atoms with Crippen LogP contribution in [0.3, 0.4) is 0 Å². The van der Waals surface area contributed by atoms with Gasteiger partial charge >= 0.3 is 5.97 Å². The SMILES string of the molecule is COc1cc2sc(CCC(=O)C3(CC(=O)OC(C)(C)C)Cc4ccccc4C3)nc2cc1OCC(=O)N1CCN(C)CC1. The minimum Gasteiger partial charge on any atom is -0.493 e. The van der Waals surface area contributed by atoms with E-state index in [1.165, 1.54) is 11.3 Å². The van der Waals surface area contributed by atoms with E-state index in [1.807, 2.05) is 63.1 Å². The monoisotopic (exact) mass is 607 g/mol. The van der Waals surface area contributed by atoms with Crippen molar-refractivity contribution in [3.63, 3.8) is 0 Å². The maximum absolute atomic E-state index is 13.9. The number of aromatic nitrogens is 1. The number of hydrogen-bond donors (Lipinski definition) is 0. The lowest BCUT2D eigenvalue weighted by Crippen LogP contribution is -2.48. The summed E-state index contributed by atoms with van der Waals surface area (Å²) in [6.07, 6.45) is 1.86. The number of rotatable bonds is 10. The average Bonchev–Trinajstić information content (AvgIpc) is 3.54. The van der Waals surface area contributed by atoms with Gasteiger partial charge in [-0.2, -0.15) is 0 Å². The molecule has 1 fully saturated rings. The second-order valence-corrected chi connectivity index (χ2v) is 13.8. The lowest BCUT2D eigenvalue weighted by atomic mass is 9.76. The molecule has 10 heteroatoms. The highest BCUT2D eigenvalue weighted by Crippen LogP contribution is 2.42. The van der Waals surface area contributed by atoms with Crippen molar-refractivity contribution in [2.75, 3.05) is 46.9 Å². The van der Waals surface area contributed by atoms with Gasteiger partial charge in [0.25, 0.3) is 5.91 Å². The number of likely N-dealkylation sites (N-methyl/N-ethyl adjacent to an activating group) is 1. The van der Waals surface area contributed by atoms with Crippen molar-refractivity contribution in [1.82, 2.24) is 14.8 Å². The Morgan fingerprint density at radius 3 is 2.30 bits per heavy atom. The zero-order chi connectivity index (χ0) is 30.8. The summed E-state index contributed by atoms with van der Waals surface area (Å²) in [6.45, 7) is 8.52. The van der Waals surface area contributed by atoms with Crippen LogP contribution in [0, 0.1) is 5.41 Å². The Morgan fingerprint density at radius 1 is 1.00 bits per heavy atom. The highest BCUT2D eigenvalue weighted by Gasteiger charge is 2.45. The van der Waals surface area contributed by atoms with Gasteiger partial charge in [0.2, 0.25) is 0 Å². The number of hydrogen-bond acceptors (Lipinski definition) is 9. The Morgan fingerprint density at radius 2 is 1.67 bits per heavy atom. The van der Waals surface area contributed by atoms with Crippen LogP contribution in [-0.4, -0.2) is 85.0 Å². The van der Waals surface area contributed by atoms with Crippen LogP contribution in [0.1, 0.15) is 49.7 Å². The third-order valence-corrected chi connectivity index (χ3v) is 9.24. The molecule has 0 bridgehead atoms. The number of methoxy groups -OCH3 is 1. The molecular formula is C33H41N3O6S. The predicted octanol–water partition coefficient (Wildman–Crippen LogP) is 4.48. The average molecular weight is 608 g/mol. The zero-order valence-corrected chi connectivity index (χ0v) is 26.6. The first-order valence-corrected chi connectivity index (χ1v) is 15.6. The van der Waals surface area contributed by atoms with Gasteiger partial charge < -0.3 is 24.0 Å². The van der Waals surface area contributed by atoms with Crippen LogP contribution >= 0.6 is 11.3 Å². The minimum absolute atomic E-state index is 0.0536. The molecule has 0 spiro atoms. The molecule has 0 atom stereocenters. The molecule has 1 aliphatic carbocycles. The van der Waals surface area contributed by atoms with E-state index in [9.17, 15) is 14.4 Å². The van der Waals surface area contributed by atoms with Crippen molar-refractivity contribution in [3.8, 4) is 11.5 Å². The lowest BCUT2D eigenvalue weighted by molar-refractivity contribution is -0.159. The summed E-state index contributed by atoms with van der Waals surface area (Å²) in [5, 5.41) is 0.819. The Bertz CT molecular complexity index is 1480. The fourth-order valence-corrected chi connectivity index (χ4v) is 6.88. The zero-order valence-electron chi connectivity index (χ0n) is 25.7. The smallest absolute Gasteiger partial charge is 0.307 e.